The molecule has 1 amide bonds. The molecule has 0 aliphatic carbocycles. The molecule has 4 N–H and O–H groups in total. The van der Waals surface area contributed by atoms with E-state index in [-0.39, 0.29) is 29.8 Å². The van der Waals surface area contributed by atoms with Crippen LogP contribution in [0.3, 0.4) is 0 Å². The number of hydrogen-bond acceptors (Lipinski definition) is 3. The molecule has 0 saturated carbocycles. The molecular formula is C29H22FN3O2. The lowest BCUT2D eigenvalue weighted by Gasteiger charge is -2.18. The summed E-state index contributed by atoms with van der Waals surface area (Å²) in [6, 6.07) is 25.7. The number of rotatable bonds is 5. The second-order valence-electron chi connectivity index (χ2n) is 8.88. The maximum absolute atomic E-state index is 13.3. The molecule has 0 unspecified atom stereocenters. The molecule has 2 atom stereocenters. The van der Waals surface area contributed by atoms with Gasteiger partial charge in [-0.15, -0.1) is 0 Å². The Bertz CT molecular complexity index is 1480. The van der Waals surface area contributed by atoms with Crippen molar-refractivity contribution in [2.24, 2.45) is 5.73 Å². The van der Waals surface area contributed by atoms with Crippen molar-refractivity contribution in [3.05, 3.63) is 130 Å². The van der Waals surface area contributed by atoms with Crippen molar-refractivity contribution in [2.45, 2.75) is 18.8 Å². The van der Waals surface area contributed by atoms with Crippen LogP contribution in [0.25, 0.3) is 11.1 Å². The fourth-order valence-corrected chi connectivity index (χ4v) is 4.90. The zero-order valence-electron chi connectivity index (χ0n) is 18.7. The van der Waals surface area contributed by atoms with Gasteiger partial charge in [-0.1, -0.05) is 54.6 Å². The van der Waals surface area contributed by atoms with Crippen molar-refractivity contribution < 1.29 is 13.9 Å². The molecule has 0 fully saturated rings. The van der Waals surface area contributed by atoms with Gasteiger partial charge in [-0.2, -0.15) is 0 Å². The number of carbonyl (C=O) groups excluding carboxylic acids is 1. The second-order valence-corrected chi connectivity index (χ2v) is 8.88. The number of halogens is 1. The van der Waals surface area contributed by atoms with E-state index in [1.165, 1.54) is 12.1 Å². The summed E-state index contributed by atoms with van der Waals surface area (Å²) in [5, 5.41) is 10.4. The average molecular weight is 464 g/mol. The third-order valence-corrected chi connectivity index (χ3v) is 6.73. The Morgan fingerprint density at radius 3 is 2.11 bits per heavy atom. The van der Waals surface area contributed by atoms with Crippen LogP contribution in [0, 0.1) is 11.2 Å². The van der Waals surface area contributed by atoms with Gasteiger partial charge in [0.05, 0.1) is 0 Å². The first-order chi connectivity index (χ1) is 17.0. The highest BCUT2D eigenvalue weighted by Gasteiger charge is 2.43. The number of ether oxygens (including phenoxy) is 1. The van der Waals surface area contributed by atoms with Gasteiger partial charge in [0.15, 0.2) is 0 Å². The molecule has 4 aromatic carbocycles. The Kier molecular flexibility index (Phi) is 4.97. The van der Waals surface area contributed by atoms with Gasteiger partial charge < -0.3 is 15.8 Å². The van der Waals surface area contributed by atoms with Crippen molar-refractivity contribution in [3.8, 4) is 11.1 Å². The smallest absolute Gasteiger partial charge is 0.251 e. The lowest BCUT2D eigenvalue weighted by atomic mass is 9.84. The summed E-state index contributed by atoms with van der Waals surface area (Å²) in [5.74, 6) is -0.404. The molecule has 2 bridgehead atoms. The van der Waals surface area contributed by atoms with E-state index in [1.807, 2.05) is 36.4 Å². The summed E-state index contributed by atoms with van der Waals surface area (Å²) >= 11 is 0. The highest BCUT2D eigenvalue weighted by Crippen LogP contribution is 2.54. The van der Waals surface area contributed by atoms with E-state index in [1.54, 1.807) is 24.3 Å². The van der Waals surface area contributed by atoms with Gasteiger partial charge in [0.2, 0.25) is 0 Å². The zero-order chi connectivity index (χ0) is 24.1. The van der Waals surface area contributed by atoms with Crippen molar-refractivity contribution in [1.29, 1.82) is 5.41 Å². The molecule has 0 aromatic heterocycles. The maximum Gasteiger partial charge on any atom is 0.251 e. The van der Waals surface area contributed by atoms with Gasteiger partial charge >= 0.3 is 0 Å². The molecule has 0 spiro atoms. The number of amidine groups is 1. The molecule has 172 valence electrons. The van der Waals surface area contributed by atoms with Crippen LogP contribution < -0.4 is 11.1 Å². The van der Waals surface area contributed by atoms with Crippen LogP contribution in [-0.2, 0) is 11.3 Å². The molecular weight excluding hydrogens is 441 g/mol. The van der Waals surface area contributed by atoms with Gasteiger partial charge in [0, 0.05) is 17.7 Å². The number of nitrogen functional groups attached to an aromatic ring is 1. The summed E-state index contributed by atoms with van der Waals surface area (Å²) in [7, 11) is 0. The number of fused-ring (bicyclic) bond motifs is 8. The lowest BCUT2D eigenvalue weighted by molar-refractivity contribution is 0.0857. The fourth-order valence-electron chi connectivity index (χ4n) is 4.90. The van der Waals surface area contributed by atoms with Crippen LogP contribution in [0.2, 0.25) is 0 Å². The summed E-state index contributed by atoms with van der Waals surface area (Å²) in [6.07, 6.45) is -0.360. The third-order valence-electron chi connectivity index (χ3n) is 6.73. The first-order valence-corrected chi connectivity index (χ1v) is 11.4. The molecule has 2 aliphatic heterocycles. The van der Waals surface area contributed by atoms with E-state index in [2.05, 4.69) is 17.4 Å². The van der Waals surface area contributed by atoms with E-state index >= 15 is 0 Å². The Morgan fingerprint density at radius 2 is 1.40 bits per heavy atom. The number of nitrogens with one attached hydrogen (secondary N) is 2. The predicted molar refractivity (Wildman–Crippen MR) is 132 cm³/mol. The molecule has 4 aromatic rings. The highest BCUT2D eigenvalue weighted by atomic mass is 19.1. The normalized spacial score (nSPS) is 17.1. The quantitative estimate of drug-likeness (QED) is 0.280. The molecule has 6 rings (SSSR count). The van der Waals surface area contributed by atoms with E-state index in [0.29, 0.717) is 17.7 Å². The monoisotopic (exact) mass is 463 g/mol. The van der Waals surface area contributed by atoms with Crippen molar-refractivity contribution >= 4 is 11.7 Å². The number of benzene rings is 4. The molecule has 2 heterocycles. The van der Waals surface area contributed by atoms with Crippen LogP contribution in [0.1, 0.15) is 55.9 Å². The number of nitrogens with two attached hydrogens (primary N) is 1. The largest absolute Gasteiger partial charge is 0.384 e. The summed E-state index contributed by atoms with van der Waals surface area (Å²) in [6.45, 7) is 0.376. The van der Waals surface area contributed by atoms with E-state index in [0.717, 1.165) is 38.9 Å². The predicted octanol–water partition coefficient (Wildman–Crippen LogP) is 5.23. The third kappa shape index (κ3) is 3.68. The molecule has 0 saturated heterocycles. The summed E-state index contributed by atoms with van der Waals surface area (Å²) < 4.78 is 19.6. The van der Waals surface area contributed by atoms with Crippen molar-refractivity contribution in [2.75, 3.05) is 0 Å². The topological polar surface area (TPSA) is 88.2 Å². The molecule has 6 heteroatoms. The number of amides is 1. The molecule has 2 aliphatic rings. The maximum atomic E-state index is 13.3. The summed E-state index contributed by atoms with van der Waals surface area (Å²) in [4.78, 5) is 12.9. The number of hydrogen-bond donors (Lipinski definition) is 3. The fraction of sp³-hybridized carbons (Fsp3) is 0.103. The molecule has 0 radical (unpaired) electrons. The molecule has 35 heavy (non-hydrogen) atoms. The van der Waals surface area contributed by atoms with E-state index in [4.69, 9.17) is 15.9 Å². The highest BCUT2D eigenvalue weighted by molar-refractivity contribution is 5.95. The second kappa shape index (κ2) is 8.18. The zero-order valence-corrected chi connectivity index (χ0v) is 18.7. The van der Waals surface area contributed by atoms with Gasteiger partial charge in [-0.25, -0.2) is 4.39 Å². The van der Waals surface area contributed by atoms with Crippen molar-refractivity contribution in [3.63, 3.8) is 0 Å². The SMILES string of the molecule is N=C(N)c1ccc(CNC(=O)c2ccc3c(c2)[C@@H]2O[C@H]3c3ccc(-c4ccc(F)cc4)cc32)cc1. The van der Waals surface area contributed by atoms with Crippen LogP contribution in [0.4, 0.5) is 4.39 Å². The van der Waals surface area contributed by atoms with Gasteiger partial charge in [-0.3, -0.25) is 10.2 Å². The van der Waals surface area contributed by atoms with Gasteiger partial charge in [0.25, 0.3) is 5.91 Å². The molecule has 5 nitrogen and oxygen atoms in total. The Balaban J connectivity index is 1.22. The Labute approximate surface area is 201 Å². The minimum Gasteiger partial charge on any atom is -0.384 e. The van der Waals surface area contributed by atoms with Crippen LogP contribution in [-0.4, -0.2) is 11.7 Å². The first-order valence-electron chi connectivity index (χ1n) is 11.4. The van der Waals surface area contributed by atoms with Crippen LogP contribution in [0.5, 0.6) is 0 Å². The van der Waals surface area contributed by atoms with Crippen molar-refractivity contribution in [1.82, 2.24) is 5.32 Å². The van der Waals surface area contributed by atoms with E-state index < -0.39 is 0 Å². The van der Waals surface area contributed by atoms with Crippen LogP contribution in [0.15, 0.2) is 84.9 Å². The minimum absolute atomic E-state index is 0.0154. The standard InChI is InChI=1S/C29H22FN3O2/c30-21-9-5-17(6-10-21)19-7-11-22-24(13-19)27-25-14-20(8-12-23(25)26(22)35-27)29(34)33-15-16-1-3-18(4-2-16)28(31)32/h1-14,26-27H,15H2,(H3,31,32)(H,33,34)/t26-,27+/m0/s1. The average Bonchev–Trinajstić information content (AvgIpc) is 3.45. The van der Waals surface area contributed by atoms with E-state index in [9.17, 15) is 9.18 Å². The first kappa shape index (κ1) is 21.3. The lowest BCUT2D eigenvalue weighted by Crippen LogP contribution is -2.23. The summed E-state index contributed by atoms with van der Waals surface area (Å²) in [5.41, 5.74) is 13.9. The number of carbonyl (C=O) groups is 1. The Hall–Kier alpha value is -4.29. The minimum atomic E-state index is -0.259. The van der Waals surface area contributed by atoms with Crippen LogP contribution >= 0.6 is 0 Å². The van der Waals surface area contributed by atoms with Gasteiger partial charge in [-0.05, 0) is 69.3 Å². The van der Waals surface area contributed by atoms with Gasteiger partial charge in [0.1, 0.15) is 23.9 Å². The Morgan fingerprint density at radius 1 is 0.800 bits per heavy atom.